The molecule has 0 radical (unpaired) electrons. The zero-order valence-electron chi connectivity index (χ0n) is 14.7. The highest BCUT2D eigenvalue weighted by Gasteiger charge is 2.23. The van der Waals surface area contributed by atoms with Crippen molar-refractivity contribution >= 4 is 23.6 Å². The fourth-order valence-electron chi connectivity index (χ4n) is 3.19. The Morgan fingerprint density at radius 1 is 1.38 bits per heavy atom. The summed E-state index contributed by atoms with van der Waals surface area (Å²) in [6.45, 7) is 2.10. The van der Waals surface area contributed by atoms with E-state index in [-0.39, 0.29) is 24.2 Å². The SMILES string of the molecule is CC1CCCCC1NC(=O)CSc1nnc(-c2ccco2)n1CC(N)=O. The van der Waals surface area contributed by atoms with Gasteiger partial charge in [-0.25, -0.2) is 0 Å². The largest absolute Gasteiger partial charge is 0.461 e. The molecule has 2 heterocycles. The Morgan fingerprint density at radius 3 is 2.88 bits per heavy atom. The van der Waals surface area contributed by atoms with Gasteiger partial charge in [0.1, 0.15) is 6.54 Å². The van der Waals surface area contributed by atoms with Crippen LogP contribution >= 0.6 is 11.8 Å². The Morgan fingerprint density at radius 2 is 2.19 bits per heavy atom. The number of thioether (sulfide) groups is 1. The van der Waals surface area contributed by atoms with Gasteiger partial charge in [-0.15, -0.1) is 10.2 Å². The van der Waals surface area contributed by atoms with Crippen LogP contribution in [0.3, 0.4) is 0 Å². The number of hydrogen-bond donors (Lipinski definition) is 2. The fraction of sp³-hybridized carbons (Fsp3) is 0.529. The van der Waals surface area contributed by atoms with Gasteiger partial charge in [-0.1, -0.05) is 31.5 Å². The highest BCUT2D eigenvalue weighted by Crippen LogP contribution is 2.26. The molecule has 140 valence electrons. The molecule has 1 saturated carbocycles. The Balaban J connectivity index is 1.65. The van der Waals surface area contributed by atoms with E-state index in [9.17, 15) is 9.59 Å². The minimum absolute atomic E-state index is 0.0399. The summed E-state index contributed by atoms with van der Waals surface area (Å²) >= 11 is 1.23. The van der Waals surface area contributed by atoms with E-state index in [1.807, 2.05) is 0 Å². The van der Waals surface area contributed by atoms with Gasteiger partial charge in [0.2, 0.25) is 17.6 Å². The molecule has 3 N–H and O–H groups in total. The van der Waals surface area contributed by atoms with Crippen LogP contribution in [-0.2, 0) is 16.1 Å². The van der Waals surface area contributed by atoms with Crippen molar-refractivity contribution in [3.63, 3.8) is 0 Å². The molecule has 0 aromatic carbocycles. The summed E-state index contributed by atoms with van der Waals surface area (Å²) in [5.74, 6) is 1.06. The molecule has 2 aromatic rings. The average Bonchev–Trinajstić information content (AvgIpc) is 3.24. The van der Waals surface area contributed by atoms with Crippen LogP contribution in [0.4, 0.5) is 0 Å². The molecule has 9 heteroatoms. The van der Waals surface area contributed by atoms with Crippen molar-refractivity contribution in [2.45, 2.75) is 50.4 Å². The first kappa shape index (κ1) is 18.5. The Bertz CT molecular complexity index is 759. The molecular weight excluding hydrogens is 354 g/mol. The van der Waals surface area contributed by atoms with E-state index in [2.05, 4.69) is 22.4 Å². The first-order valence-electron chi connectivity index (χ1n) is 8.72. The predicted molar refractivity (Wildman–Crippen MR) is 97.2 cm³/mol. The monoisotopic (exact) mass is 377 g/mol. The molecule has 8 nitrogen and oxygen atoms in total. The number of rotatable bonds is 7. The summed E-state index contributed by atoms with van der Waals surface area (Å²) < 4.78 is 6.90. The van der Waals surface area contributed by atoms with Crippen molar-refractivity contribution < 1.29 is 14.0 Å². The number of carbonyl (C=O) groups is 2. The van der Waals surface area contributed by atoms with E-state index < -0.39 is 5.91 Å². The molecule has 1 fully saturated rings. The minimum Gasteiger partial charge on any atom is -0.461 e. The summed E-state index contributed by atoms with van der Waals surface area (Å²) in [4.78, 5) is 23.7. The molecule has 2 amide bonds. The molecule has 0 spiro atoms. The second-order valence-electron chi connectivity index (χ2n) is 6.56. The summed E-state index contributed by atoms with van der Waals surface area (Å²) in [6.07, 6.45) is 6.08. The number of carbonyl (C=O) groups excluding carboxylic acids is 2. The lowest BCUT2D eigenvalue weighted by Crippen LogP contribution is -2.41. The van der Waals surface area contributed by atoms with E-state index in [0.29, 0.717) is 22.7 Å². The van der Waals surface area contributed by atoms with Gasteiger partial charge in [-0.2, -0.15) is 0 Å². The van der Waals surface area contributed by atoms with Gasteiger partial charge >= 0.3 is 0 Å². The number of hydrogen-bond acceptors (Lipinski definition) is 6. The van der Waals surface area contributed by atoms with Gasteiger partial charge in [0.15, 0.2) is 10.9 Å². The van der Waals surface area contributed by atoms with Gasteiger partial charge in [-0.05, 0) is 30.9 Å². The highest BCUT2D eigenvalue weighted by atomic mass is 32.2. The van der Waals surface area contributed by atoms with Crippen molar-refractivity contribution in [2.75, 3.05) is 5.75 Å². The van der Waals surface area contributed by atoms with E-state index in [0.717, 1.165) is 19.3 Å². The summed E-state index contributed by atoms with van der Waals surface area (Å²) in [5.41, 5.74) is 5.34. The van der Waals surface area contributed by atoms with Crippen LogP contribution in [0.15, 0.2) is 28.0 Å². The first-order valence-corrected chi connectivity index (χ1v) is 9.70. The van der Waals surface area contributed by atoms with Gasteiger partial charge in [0.25, 0.3) is 0 Å². The minimum atomic E-state index is -0.514. The average molecular weight is 377 g/mol. The van der Waals surface area contributed by atoms with Crippen molar-refractivity contribution in [2.24, 2.45) is 11.7 Å². The van der Waals surface area contributed by atoms with Crippen molar-refractivity contribution in [1.82, 2.24) is 20.1 Å². The molecule has 1 aliphatic rings. The van der Waals surface area contributed by atoms with Crippen LogP contribution in [0, 0.1) is 5.92 Å². The lowest BCUT2D eigenvalue weighted by atomic mass is 9.86. The quantitative estimate of drug-likeness (QED) is 0.711. The molecule has 0 bridgehead atoms. The molecule has 1 aliphatic carbocycles. The van der Waals surface area contributed by atoms with Crippen molar-refractivity contribution in [3.05, 3.63) is 18.4 Å². The molecular formula is C17H23N5O3S. The maximum absolute atomic E-state index is 12.3. The second-order valence-corrected chi connectivity index (χ2v) is 7.50. The fourth-order valence-corrected chi connectivity index (χ4v) is 3.94. The van der Waals surface area contributed by atoms with Crippen LogP contribution in [-0.4, -0.2) is 38.4 Å². The van der Waals surface area contributed by atoms with E-state index in [4.69, 9.17) is 10.2 Å². The molecule has 0 saturated heterocycles. The number of nitrogens with two attached hydrogens (primary N) is 1. The smallest absolute Gasteiger partial charge is 0.237 e. The van der Waals surface area contributed by atoms with E-state index >= 15 is 0 Å². The predicted octanol–water partition coefficient (Wildman–Crippen LogP) is 1.81. The van der Waals surface area contributed by atoms with Crippen LogP contribution in [0.5, 0.6) is 0 Å². The van der Waals surface area contributed by atoms with Crippen LogP contribution < -0.4 is 11.1 Å². The van der Waals surface area contributed by atoms with Gasteiger partial charge < -0.3 is 15.5 Å². The van der Waals surface area contributed by atoms with Crippen molar-refractivity contribution in [3.8, 4) is 11.6 Å². The molecule has 0 aliphatic heterocycles. The number of aromatic nitrogens is 3. The second kappa shape index (κ2) is 8.39. The third-order valence-corrected chi connectivity index (χ3v) is 5.53. The zero-order valence-corrected chi connectivity index (χ0v) is 15.5. The van der Waals surface area contributed by atoms with E-state index in [1.54, 1.807) is 16.7 Å². The van der Waals surface area contributed by atoms with Crippen LogP contribution in [0.25, 0.3) is 11.6 Å². The van der Waals surface area contributed by atoms with Crippen LogP contribution in [0.1, 0.15) is 32.6 Å². The maximum Gasteiger partial charge on any atom is 0.237 e. The third-order valence-electron chi connectivity index (χ3n) is 4.56. The molecule has 2 aromatic heterocycles. The Hall–Kier alpha value is -2.29. The van der Waals surface area contributed by atoms with Gasteiger partial charge in [-0.3, -0.25) is 14.2 Å². The molecule has 26 heavy (non-hydrogen) atoms. The summed E-state index contributed by atoms with van der Waals surface area (Å²) in [6, 6.07) is 3.69. The standard InChI is InChI=1S/C17H23N5O3S/c1-11-5-2-3-6-12(11)19-15(24)10-26-17-21-20-16(13-7-4-8-25-13)22(17)9-14(18)23/h4,7-8,11-12H,2-3,5-6,9-10H2,1H3,(H2,18,23)(H,19,24). The summed E-state index contributed by atoms with van der Waals surface area (Å²) in [5, 5.41) is 11.7. The number of amides is 2. The number of nitrogens with zero attached hydrogens (tertiary/aromatic N) is 3. The lowest BCUT2D eigenvalue weighted by Gasteiger charge is -2.29. The molecule has 3 rings (SSSR count). The highest BCUT2D eigenvalue weighted by molar-refractivity contribution is 7.99. The number of furan rings is 1. The molecule has 2 unspecified atom stereocenters. The Labute approximate surface area is 155 Å². The Kier molecular flexibility index (Phi) is 5.97. The number of primary amides is 1. The number of nitrogens with one attached hydrogen (secondary N) is 1. The maximum atomic E-state index is 12.3. The normalized spacial score (nSPS) is 20.0. The van der Waals surface area contributed by atoms with Gasteiger partial charge in [0.05, 0.1) is 12.0 Å². The van der Waals surface area contributed by atoms with E-state index in [1.165, 1.54) is 24.4 Å². The zero-order chi connectivity index (χ0) is 18.5. The molecule has 2 atom stereocenters. The topological polar surface area (TPSA) is 116 Å². The lowest BCUT2D eigenvalue weighted by molar-refractivity contribution is -0.120. The third kappa shape index (κ3) is 4.46. The van der Waals surface area contributed by atoms with Gasteiger partial charge in [0, 0.05) is 6.04 Å². The summed E-state index contributed by atoms with van der Waals surface area (Å²) in [7, 11) is 0. The van der Waals surface area contributed by atoms with Crippen LogP contribution in [0.2, 0.25) is 0 Å². The first-order chi connectivity index (χ1) is 12.5. The van der Waals surface area contributed by atoms with Crippen molar-refractivity contribution in [1.29, 1.82) is 0 Å².